The van der Waals surface area contributed by atoms with E-state index in [0.29, 0.717) is 25.1 Å². The van der Waals surface area contributed by atoms with Crippen LogP contribution in [0.4, 0.5) is 5.82 Å². The van der Waals surface area contributed by atoms with Crippen molar-refractivity contribution in [2.24, 2.45) is 0 Å². The summed E-state index contributed by atoms with van der Waals surface area (Å²) in [6.45, 7) is 4.09. The molecule has 3 rings (SSSR count). The molecule has 3 heterocycles. The molecule has 0 aromatic carbocycles. The summed E-state index contributed by atoms with van der Waals surface area (Å²) < 4.78 is 11.4. The normalized spacial score (nSPS) is 17.8. The molecular formula is C17H22N4O2. The second-order valence-electron chi connectivity index (χ2n) is 5.61. The van der Waals surface area contributed by atoms with Crippen LogP contribution in [0, 0.1) is 0 Å². The molecular weight excluding hydrogens is 292 g/mol. The number of aromatic nitrogens is 3. The minimum absolute atomic E-state index is 0.419. The van der Waals surface area contributed by atoms with Crippen LogP contribution in [0.3, 0.4) is 0 Å². The Morgan fingerprint density at radius 3 is 2.83 bits per heavy atom. The third kappa shape index (κ3) is 4.09. The zero-order chi connectivity index (χ0) is 15.9. The largest absolute Gasteiger partial charge is 0.488 e. The molecule has 1 fully saturated rings. The second kappa shape index (κ2) is 7.76. The molecule has 1 atom stereocenters. The highest BCUT2D eigenvalue weighted by atomic mass is 16.5. The van der Waals surface area contributed by atoms with Gasteiger partial charge in [-0.25, -0.2) is 9.97 Å². The van der Waals surface area contributed by atoms with Gasteiger partial charge < -0.3 is 14.4 Å². The van der Waals surface area contributed by atoms with E-state index in [1.165, 1.54) is 19.3 Å². The van der Waals surface area contributed by atoms with Gasteiger partial charge in [-0.05, 0) is 38.3 Å². The van der Waals surface area contributed by atoms with Gasteiger partial charge in [-0.3, -0.25) is 4.98 Å². The van der Waals surface area contributed by atoms with Gasteiger partial charge >= 0.3 is 0 Å². The lowest BCUT2D eigenvalue weighted by molar-refractivity contribution is 0.211. The van der Waals surface area contributed by atoms with E-state index in [-0.39, 0.29) is 0 Å². The smallest absolute Gasteiger partial charge is 0.257 e. The molecule has 1 aliphatic heterocycles. The molecule has 0 N–H and O–H groups in total. The molecule has 0 aliphatic carbocycles. The molecule has 1 saturated heterocycles. The first-order valence-electron chi connectivity index (χ1n) is 8.08. The molecule has 0 saturated carbocycles. The zero-order valence-corrected chi connectivity index (χ0v) is 13.4. The van der Waals surface area contributed by atoms with E-state index in [2.05, 4.69) is 26.8 Å². The Balaban J connectivity index is 1.57. The molecule has 0 amide bonds. The lowest BCUT2D eigenvalue weighted by Crippen LogP contribution is -2.38. The molecule has 6 nitrogen and oxygen atoms in total. The van der Waals surface area contributed by atoms with Crippen molar-refractivity contribution >= 4 is 5.82 Å². The van der Waals surface area contributed by atoms with E-state index in [1.807, 2.05) is 12.1 Å². The molecule has 0 unspecified atom stereocenters. The van der Waals surface area contributed by atoms with Crippen molar-refractivity contribution in [1.29, 1.82) is 0 Å². The van der Waals surface area contributed by atoms with Crippen LogP contribution in [-0.2, 0) is 0 Å². The summed E-state index contributed by atoms with van der Waals surface area (Å²) in [5.41, 5.74) is 0. The van der Waals surface area contributed by atoms with Gasteiger partial charge in [0.2, 0.25) is 0 Å². The number of pyridine rings is 1. The molecule has 0 bridgehead atoms. The maximum atomic E-state index is 5.80. The summed E-state index contributed by atoms with van der Waals surface area (Å²) in [6.07, 6.45) is 10.4. The SMILES string of the molecule is C[C@@H]1CCCCN1c1nccnc1OCCOc1cccnc1. The molecule has 0 radical (unpaired) electrons. The Morgan fingerprint density at radius 2 is 2.00 bits per heavy atom. The van der Waals surface area contributed by atoms with Gasteiger partial charge in [-0.2, -0.15) is 0 Å². The molecule has 2 aromatic rings. The van der Waals surface area contributed by atoms with Crippen LogP contribution in [-0.4, -0.2) is 40.8 Å². The number of ether oxygens (including phenoxy) is 2. The van der Waals surface area contributed by atoms with Crippen molar-refractivity contribution in [3.05, 3.63) is 36.9 Å². The van der Waals surface area contributed by atoms with Crippen molar-refractivity contribution in [1.82, 2.24) is 15.0 Å². The fourth-order valence-corrected chi connectivity index (χ4v) is 2.76. The van der Waals surface area contributed by atoms with Gasteiger partial charge in [-0.15, -0.1) is 0 Å². The van der Waals surface area contributed by atoms with E-state index in [1.54, 1.807) is 24.8 Å². The first-order valence-corrected chi connectivity index (χ1v) is 8.08. The van der Waals surface area contributed by atoms with Crippen molar-refractivity contribution < 1.29 is 9.47 Å². The van der Waals surface area contributed by atoms with Gasteiger partial charge in [0.15, 0.2) is 5.82 Å². The first-order chi connectivity index (χ1) is 11.3. The number of piperidine rings is 1. The standard InChI is InChI=1S/C17H22N4O2/c1-14-5-2-3-10-21(14)16-17(20-9-8-19-16)23-12-11-22-15-6-4-7-18-13-15/h4,6-9,13-14H,2-3,5,10-12H2,1H3/t14-/m1/s1. The predicted molar refractivity (Wildman–Crippen MR) is 87.9 cm³/mol. The highest BCUT2D eigenvalue weighted by molar-refractivity contribution is 5.49. The van der Waals surface area contributed by atoms with Crippen molar-refractivity contribution in [3.8, 4) is 11.6 Å². The Labute approximate surface area is 136 Å². The van der Waals surface area contributed by atoms with Gasteiger partial charge in [0.1, 0.15) is 19.0 Å². The third-order valence-corrected chi connectivity index (χ3v) is 3.95. The van der Waals surface area contributed by atoms with E-state index in [0.717, 1.165) is 18.1 Å². The summed E-state index contributed by atoms with van der Waals surface area (Å²) in [5.74, 6) is 2.15. The van der Waals surface area contributed by atoms with Crippen LogP contribution < -0.4 is 14.4 Å². The quantitative estimate of drug-likeness (QED) is 0.764. The van der Waals surface area contributed by atoms with Gasteiger partial charge in [0.05, 0.1) is 6.20 Å². The average molecular weight is 314 g/mol. The van der Waals surface area contributed by atoms with Crippen LogP contribution in [0.1, 0.15) is 26.2 Å². The van der Waals surface area contributed by atoms with E-state index in [9.17, 15) is 0 Å². The van der Waals surface area contributed by atoms with Crippen LogP contribution >= 0.6 is 0 Å². The first kappa shape index (κ1) is 15.5. The average Bonchev–Trinajstić information content (AvgIpc) is 2.61. The summed E-state index contributed by atoms with van der Waals surface area (Å²) in [6, 6.07) is 4.18. The summed E-state index contributed by atoms with van der Waals surface area (Å²) in [5, 5.41) is 0. The topological polar surface area (TPSA) is 60.4 Å². The van der Waals surface area contributed by atoms with Crippen LogP contribution in [0.15, 0.2) is 36.9 Å². The van der Waals surface area contributed by atoms with Crippen LogP contribution in [0.2, 0.25) is 0 Å². The fraction of sp³-hybridized carbons (Fsp3) is 0.471. The number of hydrogen-bond acceptors (Lipinski definition) is 6. The third-order valence-electron chi connectivity index (χ3n) is 3.95. The number of anilines is 1. The maximum Gasteiger partial charge on any atom is 0.257 e. The van der Waals surface area contributed by atoms with Crippen molar-refractivity contribution in [3.63, 3.8) is 0 Å². The zero-order valence-electron chi connectivity index (χ0n) is 13.4. The van der Waals surface area contributed by atoms with Crippen LogP contribution in [0.25, 0.3) is 0 Å². The lowest BCUT2D eigenvalue weighted by atomic mass is 10.0. The predicted octanol–water partition coefficient (Wildman–Crippen LogP) is 2.71. The Bertz CT molecular complexity index is 609. The molecule has 23 heavy (non-hydrogen) atoms. The monoisotopic (exact) mass is 314 g/mol. The minimum atomic E-state index is 0.419. The highest BCUT2D eigenvalue weighted by Gasteiger charge is 2.23. The van der Waals surface area contributed by atoms with Gasteiger partial charge in [-0.1, -0.05) is 0 Å². The Morgan fingerprint density at radius 1 is 1.13 bits per heavy atom. The maximum absolute atomic E-state index is 5.80. The number of nitrogens with zero attached hydrogens (tertiary/aromatic N) is 4. The minimum Gasteiger partial charge on any atom is -0.488 e. The van der Waals surface area contributed by atoms with E-state index < -0.39 is 0 Å². The fourth-order valence-electron chi connectivity index (χ4n) is 2.76. The Hall–Kier alpha value is -2.37. The molecule has 2 aromatic heterocycles. The van der Waals surface area contributed by atoms with Crippen molar-refractivity contribution in [2.45, 2.75) is 32.2 Å². The second-order valence-corrected chi connectivity index (χ2v) is 5.61. The van der Waals surface area contributed by atoms with Gasteiger partial charge in [0.25, 0.3) is 5.88 Å². The molecule has 122 valence electrons. The number of rotatable bonds is 6. The van der Waals surface area contributed by atoms with E-state index >= 15 is 0 Å². The highest BCUT2D eigenvalue weighted by Crippen LogP contribution is 2.28. The van der Waals surface area contributed by atoms with Crippen molar-refractivity contribution in [2.75, 3.05) is 24.7 Å². The molecule has 0 spiro atoms. The summed E-state index contributed by atoms with van der Waals surface area (Å²) in [7, 11) is 0. The summed E-state index contributed by atoms with van der Waals surface area (Å²) in [4.78, 5) is 15.1. The lowest BCUT2D eigenvalue weighted by Gasteiger charge is -2.34. The van der Waals surface area contributed by atoms with E-state index in [4.69, 9.17) is 9.47 Å². The summed E-state index contributed by atoms with van der Waals surface area (Å²) >= 11 is 0. The molecule has 6 heteroatoms. The van der Waals surface area contributed by atoms with Crippen LogP contribution in [0.5, 0.6) is 11.6 Å². The van der Waals surface area contributed by atoms with Gasteiger partial charge in [0, 0.05) is 31.2 Å². The molecule has 1 aliphatic rings. The Kier molecular flexibility index (Phi) is 5.24. The number of hydrogen-bond donors (Lipinski definition) is 0.